The Hall–Kier alpha value is -0.420. The van der Waals surface area contributed by atoms with Crippen LogP contribution in [0.25, 0.3) is 0 Å². The summed E-state index contributed by atoms with van der Waals surface area (Å²) in [5.41, 5.74) is 0. The minimum atomic E-state index is -2.56. The molecule has 0 fully saturated rings. The molecule has 68 valence electrons. The van der Waals surface area contributed by atoms with Crippen LogP contribution < -0.4 is 0 Å². The van der Waals surface area contributed by atoms with E-state index >= 15 is 0 Å². The first-order valence-electron chi connectivity index (χ1n) is 3.99. The van der Waals surface area contributed by atoms with Crippen molar-refractivity contribution in [3.63, 3.8) is 0 Å². The van der Waals surface area contributed by atoms with Crippen LogP contribution >= 0.6 is 8.25 Å². The largest absolute Gasteiger partial charge is 0.696 e. The van der Waals surface area contributed by atoms with Gasteiger partial charge in [-0.1, -0.05) is 25.7 Å². The lowest BCUT2D eigenvalue weighted by Crippen LogP contribution is -2.05. The normalized spacial score (nSPS) is 13.6. The molecular formula is C8H14O3P+. The van der Waals surface area contributed by atoms with Gasteiger partial charge in [0.05, 0.1) is 0 Å². The Morgan fingerprint density at radius 1 is 1.67 bits per heavy atom. The van der Waals surface area contributed by atoms with Crippen LogP contribution in [0.3, 0.4) is 0 Å². The fourth-order valence-electron chi connectivity index (χ4n) is 0.855. The lowest BCUT2D eigenvalue weighted by Gasteiger charge is -2.00. The van der Waals surface area contributed by atoms with Crippen LogP contribution in [0.5, 0.6) is 0 Å². The molecule has 2 unspecified atom stereocenters. The highest BCUT2D eigenvalue weighted by molar-refractivity contribution is 7.32. The molecule has 0 aliphatic heterocycles. The topological polar surface area (TPSA) is 46.5 Å². The summed E-state index contributed by atoms with van der Waals surface area (Å²) < 4.78 is 14.8. The third-order valence-electron chi connectivity index (χ3n) is 1.47. The van der Waals surface area contributed by atoms with Crippen LogP contribution in [-0.4, -0.2) is 11.0 Å². The Labute approximate surface area is 74.1 Å². The molecule has 0 rings (SSSR count). The van der Waals surface area contributed by atoms with Gasteiger partial charge in [-0.15, -0.1) is 15.8 Å². The van der Waals surface area contributed by atoms with Crippen molar-refractivity contribution in [2.45, 2.75) is 38.7 Å². The van der Waals surface area contributed by atoms with Crippen LogP contribution in [0.4, 0.5) is 0 Å². The lowest BCUT2D eigenvalue weighted by atomic mass is 10.1. The zero-order valence-electron chi connectivity index (χ0n) is 7.19. The molecule has 0 aromatic heterocycles. The number of hydrogen-bond acceptors (Lipinski definition) is 2. The predicted molar refractivity (Wildman–Crippen MR) is 47.7 cm³/mol. The minimum Gasteiger partial charge on any atom is -0.133 e. The standard InChI is InChI=1S/C8H13O3P/c1-3-5-6-7-8(4-2)11-12(9)10/h2,8H,3,5-7H2,1H3/p+1. The van der Waals surface area contributed by atoms with Crippen molar-refractivity contribution in [2.75, 3.05) is 0 Å². The van der Waals surface area contributed by atoms with Gasteiger partial charge >= 0.3 is 8.25 Å². The summed E-state index contributed by atoms with van der Waals surface area (Å²) in [5.74, 6) is 2.33. The molecule has 4 heteroatoms. The molecule has 0 aromatic carbocycles. The first-order chi connectivity index (χ1) is 5.70. The number of rotatable bonds is 6. The molecule has 0 aliphatic carbocycles. The second-order valence-corrected chi connectivity index (χ2v) is 3.18. The second-order valence-electron chi connectivity index (χ2n) is 2.49. The molecule has 2 atom stereocenters. The predicted octanol–water partition coefficient (Wildman–Crippen LogP) is 2.23. The molecule has 1 N–H and O–H groups in total. The van der Waals surface area contributed by atoms with Crippen molar-refractivity contribution in [1.29, 1.82) is 0 Å². The first kappa shape index (κ1) is 11.6. The van der Waals surface area contributed by atoms with Crippen molar-refractivity contribution >= 4 is 8.25 Å². The number of unbranched alkanes of at least 4 members (excludes halogenated alkanes) is 2. The van der Waals surface area contributed by atoms with Crippen LogP contribution in [-0.2, 0) is 9.09 Å². The molecule has 0 aromatic rings. The summed E-state index contributed by atoms with van der Waals surface area (Å²) in [6.07, 6.45) is 8.35. The molecule has 0 radical (unpaired) electrons. The molecule has 0 amide bonds. The van der Waals surface area contributed by atoms with Crippen LogP contribution in [0.1, 0.15) is 32.6 Å². The molecule has 0 heterocycles. The average Bonchev–Trinajstić information content (AvgIpc) is 2.02. The van der Waals surface area contributed by atoms with E-state index in [0.717, 1.165) is 19.3 Å². The average molecular weight is 189 g/mol. The summed E-state index contributed by atoms with van der Waals surface area (Å²) in [5, 5.41) is 0. The van der Waals surface area contributed by atoms with Gasteiger partial charge in [0.2, 0.25) is 0 Å². The lowest BCUT2D eigenvalue weighted by molar-refractivity contribution is 0.224. The minimum absolute atomic E-state index is 0.509. The molecule has 0 saturated carbocycles. The van der Waals surface area contributed by atoms with Gasteiger partial charge in [0, 0.05) is 4.57 Å². The summed E-state index contributed by atoms with van der Waals surface area (Å²) in [6, 6.07) is 0. The van der Waals surface area contributed by atoms with Crippen LogP contribution in [0, 0.1) is 12.3 Å². The summed E-state index contributed by atoms with van der Waals surface area (Å²) in [4.78, 5) is 8.40. The van der Waals surface area contributed by atoms with Crippen molar-refractivity contribution in [3.8, 4) is 12.3 Å². The van der Waals surface area contributed by atoms with Gasteiger partial charge in [-0.3, -0.25) is 0 Å². The molecule has 0 saturated heterocycles. The number of hydrogen-bond donors (Lipinski definition) is 1. The fourth-order valence-corrected chi connectivity index (χ4v) is 1.24. The van der Waals surface area contributed by atoms with Gasteiger partial charge in [-0.05, 0) is 12.8 Å². The Morgan fingerprint density at radius 3 is 2.75 bits per heavy atom. The van der Waals surface area contributed by atoms with Gasteiger partial charge in [0.1, 0.15) is 0 Å². The van der Waals surface area contributed by atoms with Crippen molar-refractivity contribution < 1.29 is 14.0 Å². The van der Waals surface area contributed by atoms with E-state index in [4.69, 9.17) is 11.3 Å². The van der Waals surface area contributed by atoms with Crippen LogP contribution in [0.15, 0.2) is 0 Å². The molecule has 3 nitrogen and oxygen atoms in total. The van der Waals surface area contributed by atoms with E-state index in [1.807, 2.05) is 0 Å². The van der Waals surface area contributed by atoms with E-state index in [2.05, 4.69) is 17.4 Å². The van der Waals surface area contributed by atoms with Crippen molar-refractivity contribution in [3.05, 3.63) is 0 Å². The van der Waals surface area contributed by atoms with Gasteiger partial charge in [0.25, 0.3) is 0 Å². The molecule has 0 aliphatic rings. The van der Waals surface area contributed by atoms with E-state index < -0.39 is 14.4 Å². The molecular weight excluding hydrogens is 175 g/mol. The zero-order valence-corrected chi connectivity index (χ0v) is 8.09. The fraction of sp³-hybridized carbons (Fsp3) is 0.750. The molecule has 0 bridgehead atoms. The third-order valence-corrected chi connectivity index (χ3v) is 1.91. The van der Waals surface area contributed by atoms with E-state index in [1.165, 1.54) is 0 Å². The Bertz CT molecular complexity index is 174. The first-order valence-corrected chi connectivity index (χ1v) is 5.12. The molecule has 12 heavy (non-hydrogen) atoms. The van der Waals surface area contributed by atoms with Gasteiger partial charge < -0.3 is 0 Å². The zero-order chi connectivity index (χ0) is 9.40. The van der Waals surface area contributed by atoms with E-state index in [9.17, 15) is 4.57 Å². The monoisotopic (exact) mass is 189 g/mol. The summed E-state index contributed by atoms with van der Waals surface area (Å²) >= 11 is 0. The summed E-state index contributed by atoms with van der Waals surface area (Å²) in [6.45, 7) is 2.08. The SMILES string of the molecule is C#CC(CCCCC)O[P+](=O)O. The Morgan fingerprint density at radius 2 is 2.33 bits per heavy atom. The third kappa shape index (κ3) is 6.30. The smallest absolute Gasteiger partial charge is 0.133 e. The maximum atomic E-state index is 10.2. The highest BCUT2D eigenvalue weighted by Gasteiger charge is 2.19. The molecule has 0 spiro atoms. The van der Waals surface area contributed by atoms with E-state index in [0.29, 0.717) is 6.42 Å². The number of terminal acetylenes is 1. The van der Waals surface area contributed by atoms with Gasteiger partial charge in [-0.25, -0.2) is 0 Å². The Kier molecular flexibility index (Phi) is 6.99. The maximum Gasteiger partial charge on any atom is 0.696 e. The quantitative estimate of drug-likeness (QED) is 0.396. The van der Waals surface area contributed by atoms with Crippen molar-refractivity contribution in [1.82, 2.24) is 0 Å². The summed E-state index contributed by atoms with van der Waals surface area (Å²) in [7, 11) is -2.56. The van der Waals surface area contributed by atoms with Gasteiger partial charge in [0.15, 0.2) is 6.10 Å². The maximum absolute atomic E-state index is 10.2. The van der Waals surface area contributed by atoms with E-state index in [-0.39, 0.29) is 0 Å². The van der Waals surface area contributed by atoms with Gasteiger partial charge in [-0.2, -0.15) is 0 Å². The Balaban J connectivity index is 3.55. The second kappa shape index (κ2) is 7.24. The van der Waals surface area contributed by atoms with Crippen LogP contribution in [0.2, 0.25) is 0 Å². The van der Waals surface area contributed by atoms with E-state index in [1.54, 1.807) is 0 Å². The highest BCUT2D eigenvalue weighted by Crippen LogP contribution is 2.20. The highest BCUT2D eigenvalue weighted by atomic mass is 31.1. The van der Waals surface area contributed by atoms with Crippen molar-refractivity contribution in [2.24, 2.45) is 0 Å².